The van der Waals surface area contributed by atoms with Crippen LogP contribution in [-0.2, 0) is 0 Å². The summed E-state index contributed by atoms with van der Waals surface area (Å²) in [5.41, 5.74) is 8.47. The van der Waals surface area contributed by atoms with Crippen molar-refractivity contribution in [2.24, 2.45) is 5.73 Å². The molecule has 2 heterocycles. The van der Waals surface area contributed by atoms with Gasteiger partial charge in [0.05, 0.1) is 5.69 Å². The van der Waals surface area contributed by atoms with Crippen molar-refractivity contribution in [1.29, 1.82) is 0 Å². The molecule has 2 aromatic heterocycles. The zero-order chi connectivity index (χ0) is 13.9. The first-order valence-corrected chi connectivity index (χ1v) is 6.88. The van der Waals surface area contributed by atoms with Gasteiger partial charge in [0.25, 0.3) is 0 Å². The maximum Gasteiger partial charge on any atom is 0.248 e. The quantitative estimate of drug-likeness (QED) is 0.802. The van der Waals surface area contributed by atoms with E-state index in [-0.39, 0.29) is 0 Å². The molecule has 0 spiro atoms. The van der Waals surface area contributed by atoms with Crippen molar-refractivity contribution < 1.29 is 4.79 Å². The lowest BCUT2D eigenvalue weighted by molar-refractivity contribution is 0.100. The van der Waals surface area contributed by atoms with Crippen LogP contribution in [0.4, 0.5) is 0 Å². The van der Waals surface area contributed by atoms with Gasteiger partial charge in [0.1, 0.15) is 5.01 Å². The van der Waals surface area contributed by atoms with Crippen LogP contribution in [0.25, 0.3) is 21.8 Å². The van der Waals surface area contributed by atoms with Crippen LogP contribution >= 0.6 is 11.3 Å². The van der Waals surface area contributed by atoms with Crippen molar-refractivity contribution in [2.45, 2.75) is 0 Å². The Kier molecular flexibility index (Phi) is 3.26. The summed E-state index contributed by atoms with van der Waals surface area (Å²) in [6.45, 7) is 0. The molecule has 0 aliphatic carbocycles. The lowest BCUT2D eigenvalue weighted by Gasteiger charge is -1.99. The van der Waals surface area contributed by atoms with Crippen LogP contribution in [0.2, 0.25) is 0 Å². The molecule has 0 aliphatic heterocycles. The van der Waals surface area contributed by atoms with Gasteiger partial charge in [0.15, 0.2) is 0 Å². The van der Waals surface area contributed by atoms with E-state index < -0.39 is 5.91 Å². The smallest absolute Gasteiger partial charge is 0.248 e. The molecule has 1 aromatic carbocycles. The number of aromatic nitrogens is 2. The number of rotatable bonds is 3. The van der Waals surface area contributed by atoms with E-state index >= 15 is 0 Å². The fraction of sp³-hybridized carbons (Fsp3) is 0. The minimum atomic E-state index is -0.436. The van der Waals surface area contributed by atoms with Crippen molar-refractivity contribution in [3.05, 3.63) is 59.7 Å². The van der Waals surface area contributed by atoms with Crippen LogP contribution in [0.3, 0.4) is 0 Å². The number of hydrogen-bond donors (Lipinski definition) is 1. The predicted molar refractivity (Wildman–Crippen MR) is 79.3 cm³/mol. The Morgan fingerprint density at radius 1 is 1.15 bits per heavy atom. The van der Waals surface area contributed by atoms with Crippen LogP contribution < -0.4 is 5.73 Å². The summed E-state index contributed by atoms with van der Waals surface area (Å²) in [6.07, 6.45) is 3.51. The Morgan fingerprint density at radius 2 is 2.00 bits per heavy atom. The maximum absolute atomic E-state index is 11.2. The summed E-state index contributed by atoms with van der Waals surface area (Å²) < 4.78 is 0. The van der Waals surface area contributed by atoms with E-state index in [4.69, 9.17) is 5.73 Å². The van der Waals surface area contributed by atoms with E-state index in [1.165, 1.54) is 0 Å². The number of hydrogen-bond acceptors (Lipinski definition) is 4. The van der Waals surface area contributed by atoms with E-state index in [0.717, 1.165) is 21.8 Å². The van der Waals surface area contributed by atoms with Crippen LogP contribution in [0.5, 0.6) is 0 Å². The third kappa shape index (κ3) is 2.44. The second-order valence-corrected chi connectivity index (χ2v) is 5.08. The van der Waals surface area contributed by atoms with Crippen molar-refractivity contribution in [1.82, 2.24) is 9.97 Å². The number of benzene rings is 1. The number of thiazole rings is 1. The van der Waals surface area contributed by atoms with E-state index in [2.05, 4.69) is 9.97 Å². The van der Waals surface area contributed by atoms with Crippen molar-refractivity contribution in [3.63, 3.8) is 0 Å². The molecule has 0 aliphatic rings. The number of carbonyl (C=O) groups excluding carboxylic acids is 1. The third-order valence-corrected chi connectivity index (χ3v) is 3.75. The largest absolute Gasteiger partial charge is 0.366 e. The average molecular weight is 281 g/mol. The highest BCUT2D eigenvalue weighted by atomic mass is 32.1. The van der Waals surface area contributed by atoms with Gasteiger partial charge in [-0.3, -0.25) is 9.78 Å². The van der Waals surface area contributed by atoms with E-state index in [1.807, 2.05) is 23.6 Å². The van der Waals surface area contributed by atoms with Gasteiger partial charge in [-0.1, -0.05) is 12.1 Å². The molecule has 2 N–H and O–H groups in total. The molecule has 4 nitrogen and oxygen atoms in total. The Labute approximate surface area is 119 Å². The number of primary amides is 1. The number of nitrogens with zero attached hydrogens (tertiary/aromatic N) is 2. The zero-order valence-electron chi connectivity index (χ0n) is 10.5. The molecule has 0 saturated heterocycles. The first kappa shape index (κ1) is 12.5. The zero-order valence-corrected chi connectivity index (χ0v) is 11.3. The van der Waals surface area contributed by atoms with Gasteiger partial charge in [-0.2, -0.15) is 0 Å². The number of amides is 1. The van der Waals surface area contributed by atoms with Crippen molar-refractivity contribution >= 4 is 17.2 Å². The fourth-order valence-electron chi connectivity index (χ4n) is 1.86. The summed E-state index contributed by atoms with van der Waals surface area (Å²) in [6, 6.07) is 11.0. The van der Waals surface area contributed by atoms with Crippen LogP contribution in [0.15, 0.2) is 54.2 Å². The number of nitrogens with two attached hydrogens (primary N) is 1. The van der Waals surface area contributed by atoms with Gasteiger partial charge < -0.3 is 5.73 Å². The van der Waals surface area contributed by atoms with Gasteiger partial charge in [0.2, 0.25) is 5.91 Å². The third-order valence-electron chi connectivity index (χ3n) is 2.86. The molecule has 3 rings (SSSR count). The molecule has 20 heavy (non-hydrogen) atoms. The SMILES string of the molecule is NC(=O)c1cccc(-c2csc(-c3cccnc3)n2)c1. The van der Waals surface area contributed by atoms with Gasteiger partial charge in [0, 0.05) is 34.5 Å². The summed E-state index contributed by atoms with van der Waals surface area (Å²) in [5, 5.41) is 2.86. The molecule has 5 heteroatoms. The molecule has 0 atom stereocenters. The highest BCUT2D eigenvalue weighted by molar-refractivity contribution is 7.13. The average Bonchev–Trinajstić information content (AvgIpc) is 2.98. The van der Waals surface area contributed by atoms with Crippen LogP contribution in [0.1, 0.15) is 10.4 Å². The lowest BCUT2D eigenvalue weighted by Crippen LogP contribution is -2.10. The molecule has 1 amide bonds. The minimum Gasteiger partial charge on any atom is -0.366 e. The van der Waals surface area contributed by atoms with E-state index in [9.17, 15) is 4.79 Å². The van der Waals surface area contributed by atoms with Crippen molar-refractivity contribution in [2.75, 3.05) is 0 Å². The summed E-state index contributed by atoms with van der Waals surface area (Å²) in [7, 11) is 0. The highest BCUT2D eigenvalue weighted by Gasteiger charge is 2.08. The highest BCUT2D eigenvalue weighted by Crippen LogP contribution is 2.28. The molecule has 0 saturated carbocycles. The second-order valence-electron chi connectivity index (χ2n) is 4.22. The molecule has 0 bridgehead atoms. The first-order chi connectivity index (χ1) is 9.74. The molecule has 0 unspecified atom stereocenters. The molecule has 0 fully saturated rings. The lowest BCUT2D eigenvalue weighted by atomic mass is 10.1. The summed E-state index contributed by atoms with van der Waals surface area (Å²) in [4.78, 5) is 19.9. The van der Waals surface area contributed by atoms with Crippen molar-refractivity contribution in [3.8, 4) is 21.8 Å². The minimum absolute atomic E-state index is 0.436. The van der Waals surface area contributed by atoms with Gasteiger partial charge in [-0.15, -0.1) is 11.3 Å². The monoisotopic (exact) mass is 281 g/mol. The van der Waals surface area contributed by atoms with Crippen LogP contribution in [-0.4, -0.2) is 15.9 Å². The van der Waals surface area contributed by atoms with E-state index in [0.29, 0.717) is 5.56 Å². The molecule has 0 radical (unpaired) electrons. The Balaban J connectivity index is 1.98. The standard InChI is InChI=1S/C15H11N3OS/c16-14(19)11-4-1-3-10(7-11)13-9-20-15(18-13)12-5-2-6-17-8-12/h1-9H,(H2,16,19). The van der Waals surface area contributed by atoms with Gasteiger partial charge in [-0.25, -0.2) is 4.98 Å². The summed E-state index contributed by atoms with van der Waals surface area (Å²) >= 11 is 1.54. The molecule has 3 aromatic rings. The summed E-state index contributed by atoms with van der Waals surface area (Å²) in [5.74, 6) is -0.436. The Hall–Kier alpha value is -2.53. The molecular formula is C15H11N3OS. The maximum atomic E-state index is 11.2. The topological polar surface area (TPSA) is 68.9 Å². The number of pyridine rings is 1. The van der Waals surface area contributed by atoms with Gasteiger partial charge >= 0.3 is 0 Å². The van der Waals surface area contributed by atoms with E-state index in [1.54, 1.807) is 41.9 Å². The molecular weight excluding hydrogens is 270 g/mol. The predicted octanol–water partition coefficient (Wildman–Crippen LogP) is 2.97. The fourth-order valence-corrected chi connectivity index (χ4v) is 2.68. The second kappa shape index (κ2) is 5.22. The first-order valence-electron chi connectivity index (χ1n) is 6.00. The normalized spacial score (nSPS) is 10.4. The van der Waals surface area contributed by atoms with Gasteiger partial charge in [-0.05, 0) is 24.3 Å². The Bertz CT molecular complexity index is 753. The van der Waals surface area contributed by atoms with Crippen LogP contribution in [0, 0.1) is 0 Å². The molecule has 98 valence electrons. The number of carbonyl (C=O) groups is 1. The Morgan fingerprint density at radius 3 is 2.75 bits per heavy atom.